The molecule has 2 aromatic carbocycles. The van der Waals surface area contributed by atoms with Crippen molar-refractivity contribution in [1.29, 1.82) is 0 Å². The number of aliphatic imine (C=N–C) groups is 1. The van der Waals surface area contributed by atoms with Gasteiger partial charge in [-0.15, -0.1) is 0 Å². The van der Waals surface area contributed by atoms with E-state index >= 15 is 0 Å². The van der Waals surface area contributed by atoms with Crippen LogP contribution in [-0.4, -0.2) is 35.8 Å². The maximum absolute atomic E-state index is 13.4. The van der Waals surface area contributed by atoms with E-state index in [-0.39, 0.29) is 18.1 Å². The Hall–Kier alpha value is -2.93. The fourth-order valence-corrected chi connectivity index (χ4v) is 5.23. The van der Waals surface area contributed by atoms with Crippen molar-refractivity contribution in [3.8, 4) is 11.5 Å². The lowest BCUT2D eigenvalue weighted by atomic mass is 9.69. The third-order valence-electron chi connectivity index (χ3n) is 6.30. The highest BCUT2D eigenvalue weighted by Gasteiger charge is 2.44. The van der Waals surface area contributed by atoms with Gasteiger partial charge in [0.05, 0.1) is 29.2 Å². The smallest absolute Gasteiger partial charge is 0.336 e. The van der Waals surface area contributed by atoms with Gasteiger partial charge in [0, 0.05) is 30.2 Å². The van der Waals surface area contributed by atoms with Gasteiger partial charge in [-0.2, -0.15) is 0 Å². The van der Waals surface area contributed by atoms with E-state index in [1.54, 1.807) is 19.1 Å². The van der Waals surface area contributed by atoms with E-state index in [1.165, 1.54) is 0 Å². The number of benzene rings is 2. The second-order valence-corrected chi connectivity index (χ2v) is 9.39. The van der Waals surface area contributed by atoms with Crippen LogP contribution in [0.3, 0.4) is 0 Å². The van der Waals surface area contributed by atoms with Gasteiger partial charge in [-0.05, 0) is 65.9 Å². The number of fused-ring (bicyclic) bond motifs is 1. The summed E-state index contributed by atoms with van der Waals surface area (Å²) in [7, 11) is 0. The summed E-state index contributed by atoms with van der Waals surface area (Å²) >= 11 is 3.40. The molecule has 1 fully saturated rings. The van der Waals surface area contributed by atoms with E-state index in [0.717, 1.165) is 24.1 Å². The van der Waals surface area contributed by atoms with Gasteiger partial charge in [-0.3, -0.25) is 9.79 Å². The molecule has 1 N–H and O–H groups in total. The average Bonchev–Trinajstić information content (AvgIpc) is 2.82. The van der Waals surface area contributed by atoms with Crippen LogP contribution in [0.25, 0.3) is 0 Å². The number of nitrogens with zero attached hydrogens (tertiary/aromatic N) is 1. The number of carbonyl (C=O) groups is 2. The van der Waals surface area contributed by atoms with Crippen molar-refractivity contribution in [1.82, 2.24) is 0 Å². The van der Waals surface area contributed by atoms with E-state index in [4.69, 9.17) is 9.47 Å². The second kappa shape index (κ2) is 10.6. The molecule has 0 radical (unpaired) electrons. The molecule has 4 rings (SSSR count). The van der Waals surface area contributed by atoms with Crippen molar-refractivity contribution in [2.75, 3.05) is 13.2 Å². The first-order valence-corrected chi connectivity index (χ1v) is 12.4. The quantitative estimate of drug-likeness (QED) is 0.481. The van der Waals surface area contributed by atoms with Crippen LogP contribution in [0.4, 0.5) is 0 Å². The summed E-state index contributed by atoms with van der Waals surface area (Å²) in [5.74, 6) is -1.20. The number of hydrogen-bond donors (Lipinski definition) is 1. The maximum atomic E-state index is 13.4. The average molecular weight is 526 g/mol. The number of phenols is 1. The third-order valence-corrected chi connectivity index (χ3v) is 6.91. The minimum atomic E-state index is -0.555. The summed E-state index contributed by atoms with van der Waals surface area (Å²) < 4.78 is 11.7. The summed E-state index contributed by atoms with van der Waals surface area (Å²) in [6.07, 6.45) is 2.53. The Morgan fingerprint density at radius 2 is 1.94 bits per heavy atom. The molecule has 1 saturated carbocycles. The molecule has 2 aliphatic rings. The van der Waals surface area contributed by atoms with Gasteiger partial charge in [0.25, 0.3) is 0 Å². The molecule has 6 nitrogen and oxygen atoms in total. The van der Waals surface area contributed by atoms with Crippen molar-refractivity contribution >= 4 is 33.4 Å². The van der Waals surface area contributed by atoms with Crippen LogP contribution in [0.1, 0.15) is 50.2 Å². The number of allylic oxidation sites excluding steroid dienone is 1. The number of esters is 1. The Morgan fingerprint density at radius 1 is 1.18 bits per heavy atom. The second-order valence-electron chi connectivity index (χ2n) is 8.53. The Balaban J connectivity index is 1.71. The summed E-state index contributed by atoms with van der Waals surface area (Å²) in [6, 6.07) is 13.3. The van der Waals surface area contributed by atoms with Crippen molar-refractivity contribution in [3.63, 3.8) is 0 Å². The van der Waals surface area contributed by atoms with Gasteiger partial charge < -0.3 is 14.6 Å². The topological polar surface area (TPSA) is 85.2 Å². The van der Waals surface area contributed by atoms with Crippen molar-refractivity contribution in [2.45, 2.75) is 45.4 Å². The fraction of sp³-hybridized carbons (Fsp3) is 0.370. The molecule has 2 atom stereocenters. The van der Waals surface area contributed by atoms with Crippen LogP contribution in [0.2, 0.25) is 0 Å². The summed E-state index contributed by atoms with van der Waals surface area (Å²) in [6.45, 7) is 4.22. The largest absolute Gasteiger partial charge is 0.503 e. The number of phenolic OH excluding ortho intramolecular Hbond substituents is 1. The van der Waals surface area contributed by atoms with E-state index in [2.05, 4.69) is 20.9 Å². The number of carbonyl (C=O) groups excluding carboxylic acids is 2. The summed E-state index contributed by atoms with van der Waals surface area (Å²) in [5, 5.41) is 10.4. The lowest BCUT2D eigenvalue weighted by Gasteiger charge is -2.35. The van der Waals surface area contributed by atoms with Gasteiger partial charge in [-0.1, -0.05) is 30.3 Å². The predicted molar refractivity (Wildman–Crippen MR) is 133 cm³/mol. The maximum Gasteiger partial charge on any atom is 0.336 e. The molecule has 34 heavy (non-hydrogen) atoms. The molecule has 7 heteroatoms. The molecule has 1 aliphatic heterocycles. The zero-order valence-corrected chi connectivity index (χ0v) is 20.9. The number of halogens is 1. The molecular weight excluding hydrogens is 498 g/mol. The standard InChI is InChI=1S/C27H28BrNO5/c1-3-33-22-15-18(14-19(28)26(22)31)24-23(16(2)29-20-10-7-11-21(30)25(20)24)27(32)34-13-12-17-8-5-4-6-9-17/h4-6,8-9,14-15,24-25,31H,3,7,10-13H2,1-2H3. The molecule has 0 bridgehead atoms. The van der Waals surface area contributed by atoms with Gasteiger partial charge in [0.1, 0.15) is 5.78 Å². The van der Waals surface area contributed by atoms with E-state index in [0.29, 0.717) is 46.5 Å². The summed E-state index contributed by atoms with van der Waals surface area (Å²) in [4.78, 5) is 31.2. The molecule has 0 aromatic heterocycles. The minimum absolute atomic E-state index is 0.0158. The number of hydrogen-bond acceptors (Lipinski definition) is 6. The van der Waals surface area contributed by atoms with E-state index < -0.39 is 17.8 Å². The van der Waals surface area contributed by atoms with Crippen LogP contribution in [0.5, 0.6) is 11.5 Å². The molecule has 2 unspecified atom stereocenters. The SMILES string of the molecule is CCOc1cc(C2C(C(=O)OCCc3ccccc3)=C(C)N=C3CCCC(=O)C32)cc(Br)c1O. The van der Waals surface area contributed by atoms with Crippen LogP contribution < -0.4 is 4.74 Å². The van der Waals surface area contributed by atoms with Gasteiger partial charge in [-0.25, -0.2) is 4.79 Å². The highest BCUT2D eigenvalue weighted by atomic mass is 79.9. The van der Waals surface area contributed by atoms with Crippen molar-refractivity contribution in [3.05, 3.63) is 69.3 Å². The third kappa shape index (κ3) is 4.94. The molecular formula is C27H28BrNO5. The molecule has 1 heterocycles. The Labute approximate surface area is 207 Å². The van der Waals surface area contributed by atoms with E-state index in [1.807, 2.05) is 37.3 Å². The van der Waals surface area contributed by atoms with Crippen LogP contribution in [0, 0.1) is 5.92 Å². The first kappa shape index (κ1) is 24.2. The Kier molecular flexibility index (Phi) is 7.51. The fourth-order valence-electron chi connectivity index (χ4n) is 4.77. The van der Waals surface area contributed by atoms with Crippen LogP contribution in [-0.2, 0) is 20.7 Å². The molecule has 2 aromatic rings. The first-order chi connectivity index (χ1) is 16.4. The first-order valence-electron chi connectivity index (χ1n) is 11.6. The van der Waals surface area contributed by atoms with Crippen molar-refractivity contribution < 1.29 is 24.2 Å². The minimum Gasteiger partial charge on any atom is -0.503 e. The zero-order valence-electron chi connectivity index (χ0n) is 19.3. The molecule has 0 amide bonds. The molecule has 178 valence electrons. The van der Waals surface area contributed by atoms with Gasteiger partial charge in [0.15, 0.2) is 11.5 Å². The zero-order chi connectivity index (χ0) is 24.2. The normalized spacial score (nSPS) is 20.0. The number of ether oxygens (including phenoxy) is 2. The monoisotopic (exact) mass is 525 g/mol. The number of ketones is 1. The molecule has 0 saturated heterocycles. The van der Waals surface area contributed by atoms with Gasteiger partial charge >= 0.3 is 5.97 Å². The van der Waals surface area contributed by atoms with Crippen molar-refractivity contribution in [2.24, 2.45) is 10.9 Å². The number of aromatic hydroxyl groups is 1. The highest BCUT2D eigenvalue weighted by Crippen LogP contribution is 2.46. The number of rotatable bonds is 7. The van der Waals surface area contributed by atoms with Crippen LogP contribution >= 0.6 is 15.9 Å². The van der Waals surface area contributed by atoms with Gasteiger partial charge in [0.2, 0.25) is 0 Å². The highest BCUT2D eigenvalue weighted by molar-refractivity contribution is 9.10. The Bertz CT molecular complexity index is 1160. The Morgan fingerprint density at radius 3 is 2.68 bits per heavy atom. The van der Waals surface area contributed by atoms with Crippen LogP contribution in [0.15, 0.2) is 63.2 Å². The van der Waals surface area contributed by atoms with E-state index in [9.17, 15) is 14.7 Å². The number of Topliss-reactive ketones (excluding diaryl/α,β-unsaturated/α-hetero) is 1. The lowest BCUT2D eigenvalue weighted by Crippen LogP contribution is -2.39. The molecule has 1 aliphatic carbocycles. The summed E-state index contributed by atoms with van der Waals surface area (Å²) in [5.41, 5.74) is 3.54. The molecule has 0 spiro atoms. The lowest BCUT2D eigenvalue weighted by molar-refractivity contribution is -0.139. The predicted octanol–water partition coefficient (Wildman–Crippen LogP) is 5.52.